The van der Waals surface area contributed by atoms with E-state index in [0.717, 1.165) is 5.82 Å². The summed E-state index contributed by atoms with van der Waals surface area (Å²) in [5.74, 6) is 0.655. The predicted molar refractivity (Wildman–Crippen MR) is 74.2 cm³/mol. The number of nitrogens with two attached hydrogens (primary N) is 1. The van der Waals surface area contributed by atoms with Crippen LogP contribution in [0.1, 0.15) is 30.2 Å². The Bertz CT molecular complexity index is 574. The van der Waals surface area contributed by atoms with Gasteiger partial charge in [0.1, 0.15) is 11.6 Å². The first kappa shape index (κ1) is 14.1. The summed E-state index contributed by atoms with van der Waals surface area (Å²) in [6.07, 6.45) is 4.30. The quantitative estimate of drug-likeness (QED) is 0.799. The topological polar surface area (TPSA) is 88.0 Å². The van der Waals surface area contributed by atoms with Gasteiger partial charge in [-0.1, -0.05) is 6.92 Å². The van der Waals surface area contributed by atoms with E-state index in [9.17, 15) is 4.79 Å². The molecule has 2 heterocycles. The van der Waals surface area contributed by atoms with Gasteiger partial charge in [0.25, 0.3) is 0 Å². The first-order chi connectivity index (χ1) is 9.67. The molecule has 0 bridgehead atoms. The molecule has 2 N–H and O–H groups in total. The molecule has 20 heavy (non-hydrogen) atoms. The van der Waals surface area contributed by atoms with Crippen molar-refractivity contribution in [2.24, 2.45) is 0 Å². The summed E-state index contributed by atoms with van der Waals surface area (Å²) in [5, 5.41) is 4.14. The highest BCUT2D eigenvalue weighted by Crippen LogP contribution is 2.16. The molecule has 0 fully saturated rings. The standard InChI is InChI=1S/C13H19N5O2/c1-3-10-16-11(13(19)20-4-2)12(14)18(10)9-8-17-7-5-6-15-17/h5-7H,3-4,8-9,14H2,1-2H3. The minimum absolute atomic E-state index is 0.198. The maximum atomic E-state index is 11.8. The number of hydrogen-bond acceptors (Lipinski definition) is 5. The van der Waals surface area contributed by atoms with E-state index in [4.69, 9.17) is 10.5 Å². The molecule has 0 unspecified atom stereocenters. The zero-order valence-electron chi connectivity index (χ0n) is 11.7. The van der Waals surface area contributed by atoms with Gasteiger partial charge in [0.05, 0.1) is 13.2 Å². The monoisotopic (exact) mass is 277 g/mol. The highest BCUT2D eigenvalue weighted by molar-refractivity contribution is 5.92. The molecule has 0 atom stereocenters. The Morgan fingerprint density at radius 2 is 2.20 bits per heavy atom. The number of aryl methyl sites for hydroxylation is 2. The Hall–Kier alpha value is -2.31. The van der Waals surface area contributed by atoms with Crippen molar-refractivity contribution < 1.29 is 9.53 Å². The molecular formula is C13H19N5O2. The fourth-order valence-electron chi connectivity index (χ4n) is 2.02. The molecule has 0 aliphatic carbocycles. The summed E-state index contributed by atoms with van der Waals surface area (Å²) in [5.41, 5.74) is 6.22. The lowest BCUT2D eigenvalue weighted by atomic mass is 10.4. The average molecular weight is 277 g/mol. The minimum atomic E-state index is -0.475. The Morgan fingerprint density at radius 1 is 1.40 bits per heavy atom. The minimum Gasteiger partial charge on any atom is -0.461 e. The van der Waals surface area contributed by atoms with Crippen LogP contribution >= 0.6 is 0 Å². The van der Waals surface area contributed by atoms with Crippen molar-refractivity contribution in [1.29, 1.82) is 0 Å². The highest BCUT2D eigenvalue weighted by Gasteiger charge is 2.20. The number of ether oxygens (including phenoxy) is 1. The van der Waals surface area contributed by atoms with E-state index in [1.54, 1.807) is 13.1 Å². The second-order valence-corrected chi connectivity index (χ2v) is 4.26. The van der Waals surface area contributed by atoms with Crippen LogP contribution in [0.4, 0.5) is 5.82 Å². The Morgan fingerprint density at radius 3 is 2.80 bits per heavy atom. The Balaban J connectivity index is 2.20. The van der Waals surface area contributed by atoms with E-state index in [1.807, 2.05) is 28.4 Å². The highest BCUT2D eigenvalue weighted by atomic mass is 16.5. The van der Waals surface area contributed by atoms with E-state index in [0.29, 0.717) is 31.9 Å². The van der Waals surface area contributed by atoms with Crippen molar-refractivity contribution in [2.45, 2.75) is 33.4 Å². The van der Waals surface area contributed by atoms with Crippen molar-refractivity contribution in [2.75, 3.05) is 12.3 Å². The molecule has 0 aliphatic rings. The number of carbonyl (C=O) groups excluding carboxylic acids is 1. The van der Waals surface area contributed by atoms with Crippen molar-refractivity contribution >= 4 is 11.8 Å². The number of anilines is 1. The van der Waals surface area contributed by atoms with Gasteiger partial charge in [0, 0.05) is 25.4 Å². The molecule has 7 nitrogen and oxygen atoms in total. The zero-order chi connectivity index (χ0) is 14.5. The van der Waals surface area contributed by atoms with Crippen LogP contribution in [0.15, 0.2) is 18.5 Å². The summed E-state index contributed by atoms with van der Waals surface area (Å²) < 4.78 is 8.61. The van der Waals surface area contributed by atoms with Crippen LogP contribution in [0.5, 0.6) is 0 Å². The van der Waals surface area contributed by atoms with E-state index in [2.05, 4.69) is 10.1 Å². The third kappa shape index (κ3) is 2.81. The summed E-state index contributed by atoms with van der Waals surface area (Å²) in [7, 11) is 0. The maximum absolute atomic E-state index is 11.8. The van der Waals surface area contributed by atoms with Gasteiger partial charge >= 0.3 is 5.97 Å². The third-order valence-corrected chi connectivity index (χ3v) is 2.98. The Kier molecular flexibility index (Phi) is 4.39. The second-order valence-electron chi connectivity index (χ2n) is 4.26. The van der Waals surface area contributed by atoms with Crippen molar-refractivity contribution in [3.05, 3.63) is 30.0 Å². The van der Waals surface area contributed by atoms with E-state index < -0.39 is 5.97 Å². The van der Waals surface area contributed by atoms with Gasteiger partial charge in [-0.05, 0) is 13.0 Å². The van der Waals surface area contributed by atoms with E-state index in [-0.39, 0.29) is 5.69 Å². The van der Waals surface area contributed by atoms with Crippen LogP contribution in [0.2, 0.25) is 0 Å². The van der Waals surface area contributed by atoms with Crippen LogP contribution in [0.25, 0.3) is 0 Å². The molecule has 0 amide bonds. The molecule has 108 valence electrons. The number of nitrogens with zero attached hydrogens (tertiary/aromatic N) is 4. The van der Waals surface area contributed by atoms with Crippen LogP contribution in [0.3, 0.4) is 0 Å². The first-order valence-corrected chi connectivity index (χ1v) is 6.66. The summed E-state index contributed by atoms with van der Waals surface area (Å²) in [6, 6.07) is 1.86. The molecule has 0 spiro atoms. The predicted octanol–water partition coefficient (Wildman–Crippen LogP) is 1.10. The number of rotatable bonds is 6. The van der Waals surface area contributed by atoms with E-state index >= 15 is 0 Å². The zero-order valence-corrected chi connectivity index (χ0v) is 11.7. The smallest absolute Gasteiger partial charge is 0.360 e. The molecule has 2 rings (SSSR count). The summed E-state index contributed by atoms with van der Waals surface area (Å²) in [4.78, 5) is 16.1. The number of nitrogen functional groups attached to an aromatic ring is 1. The van der Waals surface area contributed by atoms with Crippen LogP contribution in [0, 0.1) is 0 Å². The number of carbonyl (C=O) groups is 1. The van der Waals surface area contributed by atoms with Crippen molar-refractivity contribution in [3.8, 4) is 0 Å². The normalized spacial score (nSPS) is 10.7. The second kappa shape index (κ2) is 6.23. The van der Waals surface area contributed by atoms with Gasteiger partial charge in [-0.15, -0.1) is 0 Å². The van der Waals surface area contributed by atoms with Gasteiger partial charge in [-0.25, -0.2) is 9.78 Å². The molecule has 0 aromatic carbocycles. The molecule has 2 aromatic heterocycles. The molecule has 0 radical (unpaired) electrons. The lowest BCUT2D eigenvalue weighted by Crippen LogP contribution is -2.13. The maximum Gasteiger partial charge on any atom is 0.360 e. The van der Waals surface area contributed by atoms with Crippen LogP contribution < -0.4 is 5.73 Å². The molecule has 0 aliphatic heterocycles. The lowest BCUT2D eigenvalue weighted by molar-refractivity contribution is 0.0521. The first-order valence-electron chi connectivity index (χ1n) is 6.66. The van der Waals surface area contributed by atoms with Gasteiger partial charge < -0.3 is 15.0 Å². The number of imidazole rings is 1. The van der Waals surface area contributed by atoms with E-state index in [1.165, 1.54) is 0 Å². The number of hydrogen-bond donors (Lipinski definition) is 1. The molecule has 2 aromatic rings. The van der Waals surface area contributed by atoms with Crippen LogP contribution in [-0.4, -0.2) is 31.9 Å². The molecular weight excluding hydrogens is 258 g/mol. The van der Waals surface area contributed by atoms with Crippen LogP contribution in [-0.2, 0) is 24.2 Å². The fourth-order valence-corrected chi connectivity index (χ4v) is 2.02. The molecule has 0 saturated carbocycles. The molecule has 0 saturated heterocycles. The van der Waals surface area contributed by atoms with Crippen molar-refractivity contribution in [1.82, 2.24) is 19.3 Å². The summed E-state index contributed by atoms with van der Waals surface area (Å²) >= 11 is 0. The van der Waals surface area contributed by atoms with Gasteiger partial charge in [-0.3, -0.25) is 4.68 Å². The third-order valence-electron chi connectivity index (χ3n) is 2.98. The van der Waals surface area contributed by atoms with Gasteiger partial charge in [-0.2, -0.15) is 5.10 Å². The SMILES string of the molecule is CCOC(=O)c1nc(CC)n(CCn2cccn2)c1N. The summed E-state index contributed by atoms with van der Waals surface area (Å²) in [6.45, 7) is 5.32. The average Bonchev–Trinajstić information content (AvgIpc) is 3.04. The fraction of sp³-hybridized carbons (Fsp3) is 0.462. The lowest BCUT2D eigenvalue weighted by Gasteiger charge is -2.08. The molecule has 7 heteroatoms. The number of aromatic nitrogens is 4. The Labute approximate surface area is 117 Å². The largest absolute Gasteiger partial charge is 0.461 e. The number of esters is 1. The van der Waals surface area contributed by atoms with Crippen molar-refractivity contribution in [3.63, 3.8) is 0 Å². The van der Waals surface area contributed by atoms with Gasteiger partial charge in [0.2, 0.25) is 0 Å². The van der Waals surface area contributed by atoms with Gasteiger partial charge in [0.15, 0.2) is 5.69 Å².